The highest BCUT2D eigenvalue weighted by atomic mass is 79.9. The van der Waals surface area contributed by atoms with E-state index in [4.69, 9.17) is 0 Å². The smallest absolute Gasteiger partial charge is 0.151 e. The number of halogens is 1. The van der Waals surface area contributed by atoms with Crippen LogP contribution in [-0.4, -0.2) is 9.55 Å². The molecule has 102 valence electrons. The summed E-state index contributed by atoms with van der Waals surface area (Å²) in [4.78, 5) is 4.56. The molecule has 0 bridgehead atoms. The van der Waals surface area contributed by atoms with Crippen molar-refractivity contribution in [3.05, 3.63) is 64.4 Å². The van der Waals surface area contributed by atoms with Crippen LogP contribution in [0.3, 0.4) is 0 Å². The summed E-state index contributed by atoms with van der Waals surface area (Å²) in [6, 6.07) is 18.0. The van der Waals surface area contributed by atoms with E-state index in [0.717, 1.165) is 21.1 Å². The highest BCUT2D eigenvalue weighted by Gasteiger charge is 2.11. The number of hydrogen-bond donors (Lipinski definition) is 0. The number of fused-ring (bicyclic) bond motifs is 1. The third kappa shape index (κ3) is 2.61. The number of para-hydroxylation sites is 2. The quantitative estimate of drug-likeness (QED) is 0.650. The van der Waals surface area contributed by atoms with Crippen molar-refractivity contribution in [1.29, 1.82) is 5.26 Å². The number of aromatic nitrogens is 2. The SMILES string of the molecule is Cn1c(/C(C#N)=C/c2cccc(Br)c2)nc2ccccc21. The fourth-order valence-electron chi connectivity index (χ4n) is 2.30. The van der Waals surface area contributed by atoms with Crippen molar-refractivity contribution in [3.63, 3.8) is 0 Å². The summed E-state index contributed by atoms with van der Waals surface area (Å²) in [6.45, 7) is 0. The van der Waals surface area contributed by atoms with E-state index in [1.54, 1.807) is 0 Å². The second kappa shape index (κ2) is 5.55. The number of benzene rings is 2. The number of nitrogens with zero attached hydrogens (tertiary/aromatic N) is 3. The Morgan fingerprint density at radius 1 is 1.24 bits per heavy atom. The first-order valence-electron chi connectivity index (χ1n) is 6.48. The van der Waals surface area contributed by atoms with Gasteiger partial charge in [-0.3, -0.25) is 0 Å². The summed E-state index contributed by atoms with van der Waals surface area (Å²) in [5.74, 6) is 0.679. The molecule has 0 spiro atoms. The van der Waals surface area contributed by atoms with Crippen LogP contribution in [0.2, 0.25) is 0 Å². The molecule has 0 saturated heterocycles. The third-order valence-corrected chi connectivity index (χ3v) is 3.80. The summed E-state index contributed by atoms with van der Waals surface area (Å²) in [5, 5.41) is 9.48. The topological polar surface area (TPSA) is 41.6 Å². The van der Waals surface area contributed by atoms with Crippen molar-refractivity contribution < 1.29 is 0 Å². The number of rotatable bonds is 2. The average Bonchev–Trinajstić information content (AvgIpc) is 2.82. The first-order valence-corrected chi connectivity index (χ1v) is 7.27. The molecule has 0 aliphatic carbocycles. The zero-order valence-electron chi connectivity index (χ0n) is 11.4. The molecule has 3 aromatic rings. The van der Waals surface area contributed by atoms with Crippen LogP contribution in [0.25, 0.3) is 22.7 Å². The van der Waals surface area contributed by atoms with Gasteiger partial charge in [0.05, 0.1) is 16.6 Å². The maximum absolute atomic E-state index is 9.48. The lowest BCUT2D eigenvalue weighted by molar-refractivity contribution is 0.925. The molecule has 1 aromatic heterocycles. The number of nitriles is 1. The Morgan fingerprint density at radius 3 is 2.76 bits per heavy atom. The predicted molar refractivity (Wildman–Crippen MR) is 88.3 cm³/mol. The molecule has 1 heterocycles. The average molecular weight is 338 g/mol. The Kier molecular flexibility index (Phi) is 3.59. The van der Waals surface area contributed by atoms with Crippen molar-refractivity contribution in [2.75, 3.05) is 0 Å². The number of hydrogen-bond acceptors (Lipinski definition) is 2. The lowest BCUT2D eigenvalue weighted by Gasteiger charge is -2.01. The van der Waals surface area contributed by atoms with E-state index >= 15 is 0 Å². The Balaban J connectivity index is 2.15. The van der Waals surface area contributed by atoms with Gasteiger partial charge in [-0.05, 0) is 35.9 Å². The molecule has 3 rings (SSSR count). The Hall–Kier alpha value is -2.38. The lowest BCUT2D eigenvalue weighted by Crippen LogP contribution is -1.96. The minimum Gasteiger partial charge on any atom is -0.327 e. The fraction of sp³-hybridized carbons (Fsp3) is 0.0588. The molecular weight excluding hydrogens is 326 g/mol. The number of imidazole rings is 1. The minimum atomic E-state index is 0.548. The standard InChI is InChI=1S/C17H12BrN3/c1-21-16-8-3-2-7-15(16)20-17(21)13(11-19)9-12-5-4-6-14(18)10-12/h2-10H,1H3/b13-9+. The summed E-state index contributed by atoms with van der Waals surface area (Å²) >= 11 is 3.44. The Morgan fingerprint density at radius 2 is 2.05 bits per heavy atom. The highest BCUT2D eigenvalue weighted by Crippen LogP contribution is 2.22. The second-order valence-electron chi connectivity index (χ2n) is 4.71. The molecule has 21 heavy (non-hydrogen) atoms. The summed E-state index contributed by atoms with van der Waals surface area (Å²) in [5.41, 5.74) is 3.42. The first-order chi connectivity index (χ1) is 10.2. The van der Waals surface area contributed by atoms with Gasteiger partial charge < -0.3 is 4.57 Å². The molecule has 0 saturated carbocycles. The van der Waals surface area contributed by atoms with Gasteiger partial charge in [0.1, 0.15) is 6.07 Å². The van der Waals surface area contributed by atoms with Crippen molar-refractivity contribution >= 4 is 38.6 Å². The Labute approximate surface area is 131 Å². The van der Waals surface area contributed by atoms with E-state index in [0.29, 0.717) is 11.4 Å². The van der Waals surface area contributed by atoms with Gasteiger partial charge in [-0.2, -0.15) is 5.26 Å². The van der Waals surface area contributed by atoms with E-state index in [-0.39, 0.29) is 0 Å². The van der Waals surface area contributed by atoms with Gasteiger partial charge in [0, 0.05) is 11.5 Å². The van der Waals surface area contributed by atoms with Gasteiger partial charge in [-0.1, -0.05) is 40.2 Å². The molecule has 2 aromatic carbocycles. The molecule has 4 heteroatoms. The Bertz CT molecular complexity index is 884. The molecule has 0 unspecified atom stereocenters. The normalized spacial score (nSPS) is 11.6. The molecule has 0 radical (unpaired) electrons. The van der Waals surface area contributed by atoms with Gasteiger partial charge >= 0.3 is 0 Å². The van der Waals surface area contributed by atoms with Crippen LogP contribution >= 0.6 is 15.9 Å². The van der Waals surface area contributed by atoms with Crippen molar-refractivity contribution in [2.45, 2.75) is 0 Å². The molecular formula is C17H12BrN3. The van der Waals surface area contributed by atoms with E-state index in [1.807, 2.05) is 66.2 Å². The second-order valence-corrected chi connectivity index (χ2v) is 5.62. The molecule has 3 nitrogen and oxygen atoms in total. The van der Waals surface area contributed by atoms with Crippen LogP contribution in [0.5, 0.6) is 0 Å². The van der Waals surface area contributed by atoms with E-state index < -0.39 is 0 Å². The third-order valence-electron chi connectivity index (χ3n) is 3.31. The van der Waals surface area contributed by atoms with Crippen LogP contribution in [0, 0.1) is 11.3 Å². The molecule has 0 N–H and O–H groups in total. The van der Waals surface area contributed by atoms with Gasteiger partial charge in [0.2, 0.25) is 0 Å². The van der Waals surface area contributed by atoms with Crippen LogP contribution in [-0.2, 0) is 7.05 Å². The molecule has 0 atom stereocenters. The minimum absolute atomic E-state index is 0.548. The zero-order valence-corrected chi connectivity index (χ0v) is 13.0. The zero-order chi connectivity index (χ0) is 14.8. The summed E-state index contributed by atoms with van der Waals surface area (Å²) in [6.07, 6.45) is 1.85. The van der Waals surface area contributed by atoms with Crippen LogP contribution in [0.1, 0.15) is 11.4 Å². The van der Waals surface area contributed by atoms with Gasteiger partial charge in [-0.25, -0.2) is 4.98 Å². The fourth-order valence-corrected chi connectivity index (χ4v) is 2.71. The molecule has 0 fully saturated rings. The summed E-state index contributed by atoms with van der Waals surface area (Å²) < 4.78 is 2.93. The largest absolute Gasteiger partial charge is 0.327 e. The van der Waals surface area contributed by atoms with Gasteiger partial charge in [0.15, 0.2) is 5.82 Å². The molecule has 0 aliphatic heterocycles. The van der Waals surface area contributed by atoms with E-state index in [1.165, 1.54) is 0 Å². The van der Waals surface area contributed by atoms with Crippen molar-refractivity contribution in [2.24, 2.45) is 7.05 Å². The summed E-state index contributed by atoms with van der Waals surface area (Å²) in [7, 11) is 1.93. The number of allylic oxidation sites excluding steroid dienone is 1. The maximum atomic E-state index is 9.48. The molecule has 0 amide bonds. The van der Waals surface area contributed by atoms with Gasteiger partial charge in [-0.15, -0.1) is 0 Å². The number of aryl methyl sites for hydroxylation is 1. The molecule has 0 aliphatic rings. The first kappa shape index (κ1) is 13.6. The van der Waals surface area contributed by atoms with Gasteiger partial charge in [0.25, 0.3) is 0 Å². The van der Waals surface area contributed by atoms with Crippen molar-refractivity contribution in [1.82, 2.24) is 9.55 Å². The van der Waals surface area contributed by atoms with Crippen LogP contribution in [0.4, 0.5) is 0 Å². The van der Waals surface area contributed by atoms with E-state index in [9.17, 15) is 5.26 Å². The van der Waals surface area contributed by atoms with E-state index in [2.05, 4.69) is 27.0 Å². The monoisotopic (exact) mass is 337 g/mol. The predicted octanol–water partition coefficient (Wildman–Crippen LogP) is 4.40. The maximum Gasteiger partial charge on any atom is 0.151 e. The highest BCUT2D eigenvalue weighted by molar-refractivity contribution is 9.10. The van der Waals surface area contributed by atoms with Crippen LogP contribution < -0.4 is 0 Å². The lowest BCUT2D eigenvalue weighted by atomic mass is 10.1. The van der Waals surface area contributed by atoms with Crippen LogP contribution in [0.15, 0.2) is 53.0 Å². The van der Waals surface area contributed by atoms with Crippen molar-refractivity contribution in [3.8, 4) is 6.07 Å².